The van der Waals surface area contributed by atoms with Crippen LogP contribution >= 0.6 is 0 Å². The van der Waals surface area contributed by atoms with E-state index < -0.39 is 4.92 Å². The molecule has 1 heterocycles. The highest BCUT2D eigenvalue weighted by Gasteiger charge is 2.09. The van der Waals surface area contributed by atoms with E-state index in [0.717, 1.165) is 13.0 Å². The summed E-state index contributed by atoms with van der Waals surface area (Å²) in [4.78, 5) is 10.3. The zero-order valence-electron chi connectivity index (χ0n) is 10.7. The molecule has 0 aliphatic carbocycles. The normalized spacial score (nSPS) is 10.2. The molecule has 2 aromatic rings. The molecular formula is C11H15N7O2. The summed E-state index contributed by atoms with van der Waals surface area (Å²) in [6.45, 7) is 1.38. The molecule has 1 aromatic carbocycles. The average molecular weight is 277 g/mol. The Morgan fingerprint density at radius 2 is 2.15 bits per heavy atom. The molecule has 2 rings (SSSR count). The van der Waals surface area contributed by atoms with Gasteiger partial charge in [0.05, 0.1) is 16.8 Å². The minimum Gasteiger partial charge on any atom is -0.385 e. The number of benzene rings is 1. The van der Waals surface area contributed by atoms with Crippen LogP contribution in [0.5, 0.6) is 0 Å². The number of anilines is 2. The molecule has 9 heteroatoms. The van der Waals surface area contributed by atoms with Crippen molar-refractivity contribution >= 4 is 17.1 Å². The fourth-order valence-corrected chi connectivity index (χ4v) is 1.73. The van der Waals surface area contributed by atoms with E-state index in [2.05, 4.69) is 21.1 Å². The monoisotopic (exact) mass is 277 g/mol. The van der Waals surface area contributed by atoms with Crippen molar-refractivity contribution in [2.24, 2.45) is 5.84 Å². The van der Waals surface area contributed by atoms with Crippen LogP contribution in [0.4, 0.5) is 17.1 Å². The van der Waals surface area contributed by atoms with E-state index in [9.17, 15) is 10.1 Å². The number of nitro groups is 1. The standard InChI is InChI=1S/C11H15N7O2/c12-15-10-6-9(7-11(8-10)18(19)20)13-2-1-4-17-5-3-14-16-17/h3,5-8,13,15H,1-2,4,12H2. The lowest BCUT2D eigenvalue weighted by atomic mass is 10.2. The molecule has 0 atom stereocenters. The highest BCUT2D eigenvalue weighted by atomic mass is 16.6. The van der Waals surface area contributed by atoms with E-state index in [1.54, 1.807) is 23.1 Å². The number of aryl methyl sites for hydroxylation is 1. The SMILES string of the molecule is NNc1cc(NCCCn2ccnn2)cc([N+](=O)[O-])c1. The Kier molecular flexibility index (Phi) is 4.45. The van der Waals surface area contributed by atoms with Gasteiger partial charge in [-0.15, -0.1) is 5.10 Å². The fraction of sp³-hybridized carbons (Fsp3) is 0.273. The Labute approximate surface area is 114 Å². The zero-order chi connectivity index (χ0) is 14.4. The first-order valence-corrected chi connectivity index (χ1v) is 6.03. The molecule has 4 N–H and O–H groups in total. The van der Waals surface area contributed by atoms with Crippen LogP contribution in [0.2, 0.25) is 0 Å². The van der Waals surface area contributed by atoms with Gasteiger partial charge in [-0.05, 0) is 12.5 Å². The molecule has 0 saturated heterocycles. The summed E-state index contributed by atoms with van der Waals surface area (Å²) in [6, 6.07) is 4.55. The van der Waals surface area contributed by atoms with Gasteiger partial charge in [0.2, 0.25) is 0 Å². The molecule has 0 saturated carbocycles. The first-order chi connectivity index (χ1) is 9.69. The van der Waals surface area contributed by atoms with E-state index in [4.69, 9.17) is 5.84 Å². The van der Waals surface area contributed by atoms with Crippen LogP contribution in [0.1, 0.15) is 6.42 Å². The second kappa shape index (κ2) is 6.48. The lowest BCUT2D eigenvalue weighted by molar-refractivity contribution is -0.384. The van der Waals surface area contributed by atoms with Crippen molar-refractivity contribution < 1.29 is 4.92 Å². The molecule has 0 unspecified atom stereocenters. The van der Waals surface area contributed by atoms with Gasteiger partial charge >= 0.3 is 0 Å². The summed E-state index contributed by atoms with van der Waals surface area (Å²) in [5.41, 5.74) is 3.52. The molecular weight excluding hydrogens is 262 g/mol. The van der Waals surface area contributed by atoms with Crippen molar-refractivity contribution in [1.82, 2.24) is 15.0 Å². The van der Waals surface area contributed by atoms with Gasteiger partial charge in [-0.1, -0.05) is 5.21 Å². The predicted octanol–water partition coefficient (Wildman–Crippen LogP) is 0.974. The highest BCUT2D eigenvalue weighted by Crippen LogP contribution is 2.23. The molecule has 1 aromatic heterocycles. The van der Waals surface area contributed by atoms with Crippen molar-refractivity contribution in [2.45, 2.75) is 13.0 Å². The molecule has 0 bridgehead atoms. The fourth-order valence-electron chi connectivity index (χ4n) is 1.73. The lowest BCUT2D eigenvalue weighted by Gasteiger charge is -2.08. The largest absolute Gasteiger partial charge is 0.385 e. The second-order valence-electron chi connectivity index (χ2n) is 4.12. The van der Waals surface area contributed by atoms with E-state index in [0.29, 0.717) is 17.9 Å². The Morgan fingerprint density at radius 1 is 1.35 bits per heavy atom. The number of rotatable bonds is 7. The molecule has 20 heavy (non-hydrogen) atoms. The van der Waals surface area contributed by atoms with E-state index >= 15 is 0 Å². The Morgan fingerprint density at radius 3 is 2.80 bits per heavy atom. The number of nitrogen functional groups attached to an aromatic ring is 1. The smallest absolute Gasteiger partial charge is 0.273 e. The molecule has 0 aliphatic rings. The summed E-state index contributed by atoms with van der Waals surface area (Å²) in [5.74, 6) is 5.29. The van der Waals surface area contributed by atoms with Crippen LogP contribution < -0.4 is 16.6 Å². The highest BCUT2D eigenvalue weighted by molar-refractivity contribution is 5.63. The number of hydrogen-bond acceptors (Lipinski definition) is 7. The molecule has 0 fully saturated rings. The van der Waals surface area contributed by atoms with E-state index in [1.807, 2.05) is 0 Å². The Bertz CT molecular complexity index is 570. The molecule has 0 spiro atoms. The number of non-ortho nitro benzene ring substituents is 1. The first-order valence-electron chi connectivity index (χ1n) is 6.03. The third-order valence-electron chi connectivity index (χ3n) is 2.66. The number of hydrazine groups is 1. The number of hydrogen-bond donors (Lipinski definition) is 3. The van der Waals surface area contributed by atoms with Crippen LogP contribution in [0.15, 0.2) is 30.6 Å². The number of nitrogens with one attached hydrogen (secondary N) is 2. The summed E-state index contributed by atoms with van der Waals surface area (Å²) in [5, 5.41) is 21.5. The van der Waals surface area contributed by atoms with Crippen LogP contribution in [0.25, 0.3) is 0 Å². The van der Waals surface area contributed by atoms with Crippen LogP contribution in [0.3, 0.4) is 0 Å². The van der Waals surface area contributed by atoms with Gasteiger partial charge in [0, 0.05) is 37.1 Å². The summed E-state index contributed by atoms with van der Waals surface area (Å²) in [6.07, 6.45) is 4.22. The van der Waals surface area contributed by atoms with Gasteiger partial charge in [-0.3, -0.25) is 20.6 Å². The molecule has 9 nitrogen and oxygen atoms in total. The minimum atomic E-state index is -0.457. The van der Waals surface area contributed by atoms with Crippen molar-refractivity contribution in [3.8, 4) is 0 Å². The number of nitrogens with two attached hydrogens (primary N) is 1. The summed E-state index contributed by atoms with van der Waals surface area (Å²) >= 11 is 0. The molecule has 106 valence electrons. The van der Waals surface area contributed by atoms with E-state index in [1.165, 1.54) is 12.1 Å². The van der Waals surface area contributed by atoms with Gasteiger partial charge < -0.3 is 10.7 Å². The molecule has 0 radical (unpaired) electrons. The molecule has 0 aliphatic heterocycles. The maximum atomic E-state index is 10.8. The topological polar surface area (TPSA) is 124 Å². The van der Waals surface area contributed by atoms with Crippen molar-refractivity contribution in [1.29, 1.82) is 0 Å². The maximum absolute atomic E-state index is 10.8. The first kappa shape index (κ1) is 13.7. The van der Waals surface area contributed by atoms with Crippen molar-refractivity contribution in [3.05, 3.63) is 40.7 Å². The third kappa shape index (κ3) is 3.65. The van der Waals surface area contributed by atoms with Gasteiger partial charge in [-0.25, -0.2) is 0 Å². The van der Waals surface area contributed by atoms with Crippen molar-refractivity contribution in [3.63, 3.8) is 0 Å². The number of nitrogens with zero attached hydrogens (tertiary/aromatic N) is 4. The second-order valence-corrected chi connectivity index (χ2v) is 4.12. The van der Waals surface area contributed by atoms with Gasteiger partial charge in [0.15, 0.2) is 0 Å². The summed E-state index contributed by atoms with van der Waals surface area (Å²) in [7, 11) is 0. The number of nitro benzene ring substituents is 1. The Hall–Kier alpha value is -2.68. The maximum Gasteiger partial charge on any atom is 0.273 e. The lowest BCUT2D eigenvalue weighted by Crippen LogP contribution is -2.10. The van der Waals surface area contributed by atoms with Crippen molar-refractivity contribution in [2.75, 3.05) is 17.3 Å². The van der Waals surface area contributed by atoms with Crippen LogP contribution in [-0.4, -0.2) is 26.5 Å². The zero-order valence-corrected chi connectivity index (χ0v) is 10.7. The predicted molar refractivity (Wildman–Crippen MR) is 74.0 cm³/mol. The van der Waals surface area contributed by atoms with Crippen LogP contribution in [0, 0.1) is 10.1 Å². The number of aromatic nitrogens is 3. The van der Waals surface area contributed by atoms with E-state index in [-0.39, 0.29) is 5.69 Å². The minimum absolute atomic E-state index is 0.0146. The third-order valence-corrected chi connectivity index (χ3v) is 2.66. The Balaban J connectivity index is 1.91. The van der Waals surface area contributed by atoms with Crippen LogP contribution in [-0.2, 0) is 6.54 Å². The quantitative estimate of drug-likeness (QED) is 0.298. The van der Waals surface area contributed by atoms with Gasteiger partial charge in [-0.2, -0.15) is 0 Å². The average Bonchev–Trinajstić information content (AvgIpc) is 2.96. The summed E-state index contributed by atoms with van der Waals surface area (Å²) < 4.78 is 1.72. The van der Waals surface area contributed by atoms with Gasteiger partial charge in [0.25, 0.3) is 5.69 Å². The van der Waals surface area contributed by atoms with Gasteiger partial charge in [0.1, 0.15) is 0 Å². The molecule has 0 amide bonds.